The van der Waals surface area contributed by atoms with Gasteiger partial charge in [-0.25, -0.2) is 4.98 Å². The van der Waals surface area contributed by atoms with Gasteiger partial charge in [0.2, 0.25) is 5.95 Å². The van der Waals surface area contributed by atoms with Crippen molar-refractivity contribution in [3.63, 3.8) is 0 Å². The van der Waals surface area contributed by atoms with Crippen LogP contribution >= 0.6 is 11.6 Å². The molecule has 3 aromatic carbocycles. The molecule has 0 spiro atoms. The molecule has 0 bridgehead atoms. The minimum atomic E-state index is 0.0697. The van der Waals surface area contributed by atoms with E-state index in [2.05, 4.69) is 65.3 Å². The van der Waals surface area contributed by atoms with Crippen LogP contribution in [0.25, 0.3) is 16.7 Å². The molecule has 0 saturated heterocycles. The summed E-state index contributed by atoms with van der Waals surface area (Å²) in [5.41, 5.74) is 6.85. The van der Waals surface area contributed by atoms with Gasteiger partial charge >= 0.3 is 0 Å². The molecule has 4 heteroatoms. The Morgan fingerprint density at radius 2 is 1.71 bits per heavy atom. The van der Waals surface area contributed by atoms with E-state index in [-0.39, 0.29) is 6.04 Å². The highest BCUT2D eigenvalue weighted by Gasteiger charge is 2.25. The van der Waals surface area contributed by atoms with Crippen molar-refractivity contribution in [2.75, 3.05) is 5.32 Å². The largest absolute Gasteiger partial charge is 0.325 e. The molecule has 1 atom stereocenters. The monoisotopic (exact) mass is 385 g/mol. The average Bonchev–Trinajstić information content (AvgIpc) is 3.12. The molecule has 0 radical (unpaired) electrons. The third kappa shape index (κ3) is 2.88. The number of nitrogens with one attached hydrogen (secondary N) is 1. The Morgan fingerprint density at radius 3 is 2.46 bits per heavy atom. The first kappa shape index (κ1) is 17.1. The number of rotatable bonds is 3. The van der Waals surface area contributed by atoms with Gasteiger partial charge in [0, 0.05) is 10.7 Å². The number of fused-ring (bicyclic) bond motifs is 3. The number of nitrogens with zero attached hydrogens (tertiary/aromatic N) is 2. The van der Waals surface area contributed by atoms with Gasteiger partial charge in [-0.15, -0.1) is 0 Å². The number of benzene rings is 3. The van der Waals surface area contributed by atoms with Gasteiger partial charge in [-0.1, -0.05) is 67.1 Å². The van der Waals surface area contributed by atoms with E-state index in [9.17, 15) is 0 Å². The highest BCUT2D eigenvalue weighted by Crippen LogP contribution is 2.37. The zero-order valence-electron chi connectivity index (χ0n) is 15.6. The second kappa shape index (κ2) is 6.84. The van der Waals surface area contributed by atoms with Crippen molar-refractivity contribution in [1.82, 2.24) is 9.55 Å². The summed E-state index contributed by atoms with van der Waals surface area (Å²) >= 11 is 6.08. The number of para-hydroxylation sites is 2. The summed E-state index contributed by atoms with van der Waals surface area (Å²) in [5.74, 6) is 0.859. The maximum Gasteiger partial charge on any atom is 0.209 e. The number of anilines is 1. The van der Waals surface area contributed by atoms with Gasteiger partial charge in [-0.3, -0.25) is 4.57 Å². The molecule has 138 valence electrons. The number of allylic oxidation sites excluding steroid dienone is 1. The van der Waals surface area contributed by atoms with Gasteiger partial charge in [-0.05, 0) is 53.5 Å². The number of aromatic nitrogens is 2. The van der Waals surface area contributed by atoms with Crippen molar-refractivity contribution in [3.8, 4) is 0 Å². The number of imidazole rings is 1. The Labute approximate surface area is 169 Å². The molecule has 1 N–H and O–H groups in total. The second-order valence-electron chi connectivity index (χ2n) is 7.05. The Hall–Kier alpha value is -3.04. The highest BCUT2D eigenvalue weighted by molar-refractivity contribution is 6.30. The van der Waals surface area contributed by atoms with Gasteiger partial charge in [0.25, 0.3) is 0 Å². The second-order valence-corrected chi connectivity index (χ2v) is 7.48. The van der Waals surface area contributed by atoms with E-state index in [1.54, 1.807) is 0 Å². The molecule has 0 unspecified atom stereocenters. The van der Waals surface area contributed by atoms with Crippen molar-refractivity contribution in [3.05, 3.63) is 101 Å². The maximum absolute atomic E-state index is 6.08. The number of hydrogen-bond donors (Lipinski definition) is 1. The van der Waals surface area contributed by atoms with Crippen LogP contribution in [0.1, 0.15) is 29.7 Å². The normalized spacial score (nSPS) is 15.8. The predicted octanol–water partition coefficient (Wildman–Crippen LogP) is 6.31. The van der Waals surface area contributed by atoms with Gasteiger partial charge in [-0.2, -0.15) is 0 Å². The van der Waals surface area contributed by atoms with Crippen molar-refractivity contribution < 1.29 is 0 Å². The van der Waals surface area contributed by atoms with Crippen LogP contribution in [0.5, 0.6) is 0 Å². The lowest BCUT2D eigenvalue weighted by molar-refractivity contribution is 0.720. The molecule has 2 heterocycles. The molecular formula is C24H20ClN3. The van der Waals surface area contributed by atoms with Crippen LogP contribution in [-0.4, -0.2) is 9.55 Å². The Bertz CT molecular complexity index is 1170. The zero-order valence-corrected chi connectivity index (χ0v) is 16.3. The minimum Gasteiger partial charge on any atom is -0.325 e. The number of halogens is 1. The summed E-state index contributed by atoms with van der Waals surface area (Å²) < 4.78 is 2.27. The van der Waals surface area contributed by atoms with Crippen LogP contribution < -0.4 is 5.32 Å². The molecule has 0 saturated carbocycles. The molecule has 3 nitrogen and oxygen atoms in total. The Morgan fingerprint density at radius 1 is 0.964 bits per heavy atom. The van der Waals surface area contributed by atoms with E-state index in [1.807, 2.05) is 30.3 Å². The molecule has 28 heavy (non-hydrogen) atoms. The van der Waals surface area contributed by atoms with Crippen LogP contribution in [0.4, 0.5) is 5.95 Å². The maximum atomic E-state index is 6.08. The van der Waals surface area contributed by atoms with Gasteiger partial charge < -0.3 is 5.32 Å². The first-order valence-corrected chi connectivity index (χ1v) is 9.91. The summed E-state index contributed by atoms with van der Waals surface area (Å²) in [4.78, 5) is 4.84. The van der Waals surface area contributed by atoms with Crippen LogP contribution in [0.2, 0.25) is 5.02 Å². The number of aryl methyl sites for hydroxylation is 1. The smallest absolute Gasteiger partial charge is 0.209 e. The fraction of sp³-hybridized carbons (Fsp3) is 0.125. The lowest BCUT2D eigenvalue weighted by Crippen LogP contribution is -2.19. The lowest BCUT2D eigenvalue weighted by Gasteiger charge is -2.27. The van der Waals surface area contributed by atoms with Crippen molar-refractivity contribution >= 4 is 34.3 Å². The van der Waals surface area contributed by atoms with E-state index < -0.39 is 0 Å². The van der Waals surface area contributed by atoms with E-state index in [0.29, 0.717) is 0 Å². The van der Waals surface area contributed by atoms with Crippen molar-refractivity contribution in [2.45, 2.75) is 19.4 Å². The van der Waals surface area contributed by atoms with Crippen LogP contribution in [-0.2, 0) is 6.42 Å². The van der Waals surface area contributed by atoms with Gasteiger partial charge in [0.05, 0.1) is 17.1 Å². The molecule has 1 aliphatic rings. The molecule has 0 amide bonds. The Kier molecular flexibility index (Phi) is 4.18. The third-order valence-corrected chi connectivity index (χ3v) is 5.58. The number of hydrogen-bond acceptors (Lipinski definition) is 2. The Balaban J connectivity index is 1.68. The fourth-order valence-electron chi connectivity index (χ4n) is 3.80. The first-order valence-electron chi connectivity index (χ1n) is 9.53. The molecular weight excluding hydrogens is 366 g/mol. The molecule has 1 aliphatic heterocycles. The van der Waals surface area contributed by atoms with Gasteiger partial charge in [0.1, 0.15) is 0 Å². The summed E-state index contributed by atoms with van der Waals surface area (Å²) in [5, 5.41) is 4.25. The molecule has 4 aromatic rings. The summed E-state index contributed by atoms with van der Waals surface area (Å²) in [6.45, 7) is 2.18. The van der Waals surface area contributed by atoms with E-state index in [1.165, 1.54) is 11.1 Å². The summed E-state index contributed by atoms with van der Waals surface area (Å²) in [7, 11) is 0. The van der Waals surface area contributed by atoms with E-state index in [0.717, 1.165) is 39.7 Å². The zero-order chi connectivity index (χ0) is 19.1. The summed E-state index contributed by atoms with van der Waals surface area (Å²) in [6, 6.07) is 25.1. The van der Waals surface area contributed by atoms with Gasteiger partial charge in [0.15, 0.2) is 0 Å². The quantitative estimate of drug-likeness (QED) is 0.448. The average molecular weight is 386 g/mol. The topological polar surface area (TPSA) is 29.9 Å². The summed E-state index contributed by atoms with van der Waals surface area (Å²) in [6.07, 6.45) is 3.31. The molecule has 1 aromatic heterocycles. The predicted molar refractivity (Wildman–Crippen MR) is 117 cm³/mol. The van der Waals surface area contributed by atoms with Crippen LogP contribution in [0.15, 0.2) is 78.9 Å². The lowest BCUT2D eigenvalue weighted by atomic mass is 9.99. The molecule has 0 fully saturated rings. The van der Waals surface area contributed by atoms with E-state index >= 15 is 0 Å². The third-order valence-electron chi connectivity index (χ3n) is 5.33. The van der Waals surface area contributed by atoms with Crippen LogP contribution in [0.3, 0.4) is 0 Å². The van der Waals surface area contributed by atoms with Crippen molar-refractivity contribution in [1.29, 1.82) is 0 Å². The minimum absolute atomic E-state index is 0.0697. The SMILES string of the molecule is CCc1ccc([C@@H]2C=C(c3ccc(Cl)cc3)Nc3nc4ccccc4n32)cc1. The van der Waals surface area contributed by atoms with Crippen LogP contribution in [0, 0.1) is 0 Å². The van der Waals surface area contributed by atoms with E-state index in [4.69, 9.17) is 16.6 Å². The molecule has 0 aliphatic carbocycles. The van der Waals surface area contributed by atoms with Crippen molar-refractivity contribution in [2.24, 2.45) is 0 Å². The fourth-order valence-corrected chi connectivity index (χ4v) is 3.93. The first-order chi connectivity index (χ1) is 13.7. The standard InChI is InChI=1S/C24H20ClN3/c1-2-16-7-9-18(10-8-16)23-15-21(17-11-13-19(25)14-12-17)27-24-26-20-5-3-4-6-22(20)28(23)24/h3-15,23H,2H2,1H3,(H,26,27)/t23-/m0/s1. The highest BCUT2D eigenvalue weighted by atomic mass is 35.5. The molecule has 5 rings (SSSR count).